The largest absolute Gasteiger partial charge is 0.481 e. The maximum Gasteiger partial charge on any atom is 0.379 e. The highest BCUT2D eigenvalue weighted by Crippen LogP contribution is 2.24. The van der Waals surface area contributed by atoms with Crippen molar-refractivity contribution >= 4 is 46.7 Å². The summed E-state index contributed by atoms with van der Waals surface area (Å²) in [5.41, 5.74) is 12.1. The lowest BCUT2D eigenvalue weighted by Gasteiger charge is -2.08. The van der Waals surface area contributed by atoms with Crippen LogP contribution >= 0.6 is 12.4 Å². The molecule has 0 aliphatic rings. The van der Waals surface area contributed by atoms with Crippen LogP contribution in [0.3, 0.4) is 0 Å². The second kappa shape index (κ2) is 12.7. The van der Waals surface area contributed by atoms with E-state index in [1.165, 1.54) is 12.1 Å². The molecule has 0 saturated heterocycles. The molecule has 0 saturated carbocycles. The molecule has 1 unspecified atom stereocenters. The molecule has 35 heavy (non-hydrogen) atoms. The zero-order chi connectivity index (χ0) is 24.7. The van der Waals surface area contributed by atoms with Crippen LogP contribution in [0, 0.1) is 5.41 Å². The number of nitrogens with two attached hydrogens (primary N) is 2. The number of carbonyl (C=O) groups is 3. The number of esters is 1. The second-order valence-electron chi connectivity index (χ2n) is 7.98. The number of furan rings is 1. The average Bonchev–Trinajstić information content (AvgIpc) is 3.30. The fourth-order valence-corrected chi connectivity index (χ4v) is 3.49. The monoisotopic (exact) mass is 501 g/mol. The van der Waals surface area contributed by atoms with Gasteiger partial charge in [-0.25, -0.2) is 4.79 Å². The van der Waals surface area contributed by atoms with Gasteiger partial charge in [-0.1, -0.05) is 31.0 Å². The highest BCUT2D eigenvalue weighted by molar-refractivity contribution is 5.99. The molecule has 6 N–H and O–H groups in total. The van der Waals surface area contributed by atoms with Crippen molar-refractivity contribution in [2.75, 3.05) is 0 Å². The minimum Gasteiger partial charge on any atom is -0.481 e. The smallest absolute Gasteiger partial charge is 0.379 e. The number of benzene rings is 2. The van der Waals surface area contributed by atoms with Crippen LogP contribution in [-0.2, 0) is 9.59 Å². The summed E-state index contributed by atoms with van der Waals surface area (Å²) in [6.45, 7) is 0. The second-order valence-corrected chi connectivity index (χ2v) is 7.98. The van der Waals surface area contributed by atoms with Crippen LogP contribution in [-0.4, -0.2) is 28.7 Å². The van der Waals surface area contributed by atoms with Gasteiger partial charge in [0.05, 0.1) is 0 Å². The minimum atomic E-state index is -0.989. The van der Waals surface area contributed by atoms with Gasteiger partial charge in [0, 0.05) is 18.4 Å². The van der Waals surface area contributed by atoms with E-state index in [1.807, 2.05) is 0 Å². The number of hydrogen-bond donors (Lipinski definition) is 4. The molecule has 10 heteroatoms. The number of carboxylic acids is 1. The molecule has 0 aliphatic carbocycles. The molecule has 9 nitrogen and oxygen atoms in total. The molecule has 186 valence electrons. The lowest BCUT2D eigenvalue weighted by atomic mass is 10.0. The number of ketones is 1. The number of nitrogen functional groups attached to an aromatic ring is 1. The van der Waals surface area contributed by atoms with E-state index in [0.717, 1.165) is 23.6 Å². The van der Waals surface area contributed by atoms with Gasteiger partial charge in [-0.15, -0.1) is 12.4 Å². The maximum absolute atomic E-state index is 12.5. The lowest BCUT2D eigenvalue weighted by Crippen LogP contribution is -2.20. The number of unbranched alkanes of at least 4 members (excludes halogenated alkanes) is 3. The highest BCUT2D eigenvalue weighted by atomic mass is 35.5. The van der Waals surface area contributed by atoms with Gasteiger partial charge in [0.25, 0.3) is 0 Å². The summed E-state index contributed by atoms with van der Waals surface area (Å²) in [7, 11) is 0. The molecule has 3 aromatic rings. The first-order valence-corrected chi connectivity index (χ1v) is 10.9. The third-order valence-electron chi connectivity index (χ3n) is 5.38. The Morgan fingerprint density at radius 2 is 1.60 bits per heavy atom. The summed E-state index contributed by atoms with van der Waals surface area (Å²) in [6.07, 6.45) is 3.03. The van der Waals surface area contributed by atoms with E-state index in [0.29, 0.717) is 24.2 Å². The number of Topliss-reactive ketones (excluding diaryl/α,β-unsaturated/α-hetero) is 1. The molecule has 3 rings (SSSR count). The zero-order valence-corrected chi connectivity index (χ0v) is 19.8. The Bertz CT molecular complexity index is 1220. The molecule has 1 heterocycles. The van der Waals surface area contributed by atoms with Gasteiger partial charge in [-0.05, 0) is 53.9 Å². The van der Waals surface area contributed by atoms with Crippen LogP contribution in [0.15, 0.2) is 52.9 Å². The summed E-state index contributed by atoms with van der Waals surface area (Å²) < 4.78 is 10.9. The van der Waals surface area contributed by atoms with Crippen LogP contribution < -0.4 is 16.2 Å². The molecule has 0 amide bonds. The SMILES string of the molecule is Cl.N=C(N)c1ccc2cc(OC(=O)c3ccc(C(N)C(=O)CCCCCCC(=O)O)o3)ccc2c1. The number of carboxylic acid groups (broad SMARTS) is 1. The van der Waals surface area contributed by atoms with Gasteiger partial charge in [-0.3, -0.25) is 15.0 Å². The van der Waals surface area contributed by atoms with Crippen molar-refractivity contribution in [3.8, 4) is 5.75 Å². The standard InChI is InChI=1S/C25H27N3O6.ClH/c26-23(19(29)5-3-1-2-4-6-22(30)31)20-11-12-21(34-20)25(32)33-18-10-9-15-13-17(24(27)28)8-7-16(15)14-18;/h7-14,23H,1-6,26H2,(H3,27,28)(H,30,31);1H. The molecule has 0 spiro atoms. The van der Waals surface area contributed by atoms with Gasteiger partial charge in [0.1, 0.15) is 23.4 Å². The molecule has 0 radical (unpaired) electrons. The maximum atomic E-state index is 12.5. The Morgan fingerprint density at radius 3 is 2.29 bits per heavy atom. The molecule has 0 fully saturated rings. The quantitative estimate of drug-likeness (QED) is 0.0932. The summed E-state index contributed by atoms with van der Waals surface area (Å²) in [6, 6.07) is 12.2. The summed E-state index contributed by atoms with van der Waals surface area (Å²) in [4.78, 5) is 35.3. The average molecular weight is 502 g/mol. The van der Waals surface area contributed by atoms with Crippen LogP contribution in [0.2, 0.25) is 0 Å². The zero-order valence-electron chi connectivity index (χ0n) is 19.0. The van der Waals surface area contributed by atoms with E-state index in [9.17, 15) is 14.4 Å². The third kappa shape index (κ3) is 7.66. The van der Waals surface area contributed by atoms with Crippen molar-refractivity contribution in [1.29, 1.82) is 5.41 Å². The van der Waals surface area contributed by atoms with E-state index < -0.39 is 18.0 Å². The number of carbonyl (C=O) groups excluding carboxylic acids is 2. The van der Waals surface area contributed by atoms with Crippen LogP contribution in [0.25, 0.3) is 10.8 Å². The fourth-order valence-electron chi connectivity index (χ4n) is 3.49. The molecule has 1 aromatic heterocycles. The number of amidine groups is 1. The van der Waals surface area contributed by atoms with E-state index >= 15 is 0 Å². The van der Waals surface area contributed by atoms with Gasteiger partial charge < -0.3 is 25.7 Å². The Labute approximate surface area is 208 Å². The number of halogens is 1. The van der Waals surface area contributed by atoms with Crippen LogP contribution in [0.4, 0.5) is 0 Å². The Hall–Kier alpha value is -3.69. The van der Waals surface area contributed by atoms with Gasteiger partial charge in [-0.2, -0.15) is 0 Å². The predicted octanol–water partition coefficient (Wildman–Crippen LogP) is 4.35. The molecular formula is C25H28ClN3O6. The van der Waals surface area contributed by atoms with E-state index in [4.69, 9.17) is 31.1 Å². The number of fused-ring (bicyclic) bond motifs is 1. The Balaban J connectivity index is 0.00000432. The number of aliphatic carboxylic acids is 1. The minimum absolute atomic E-state index is 0. The first kappa shape index (κ1) is 27.6. The van der Waals surface area contributed by atoms with E-state index in [-0.39, 0.29) is 48.4 Å². The Kier molecular flexibility index (Phi) is 9.98. The number of hydrogen-bond acceptors (Lipinski definition) is 7. The normalized spacial score (nSPS) is 11.5. The molecule has 1 atom stereocenters. The molecular weight excluding hydrogens is 474 g/mol. The van der Waals surface area contributed by atoms with E-state index in [2.05, 4.69) is 0 Å². The topological polar surface area (TPSA) is 170 Å². The van der Waals surface area contributed by atoms with Gasteiger partial charge >= 0.3 is 11.9 Å². The first-order chi connectivity index (χ1) is 16.2. The summed E-state index contributed by atoms with van der Waals surface area (Å²) >= 11 is 0. The molecule has 2 aromatic carbocycles. The molecule has 0 bridgehead atoms. The lowest BCUT2D eigenvalue weighted by molar-refractivity contribution is -0.137. The first-order valence-electron chi connectivity index (χ1n) is 10.9. The van der Waals surface area contributed by atoms with Gasteiger partial charge in [0.15, 0.2) is 5.78 Å². The predicted molar refractivity (Wildman–Crippen MR) is 133 cm³/mol. The number of rotatable bonds is 12. The number of ether oxygens (including phenoxy) is 1. The van der Waals surface area contributed by atoms with Crippen LogP contribution in [0.1, 0.15) is 66.4 Å². The third-order valence-corrected chi connectivity index (χ3v) is 5.38. The van der Waals surface area contributed by atoms with Crippen molar-refractivity contribution in [2.45, 2.75) is 44.6 Å². The highest BCUT2D eigenvalue weighted by Gasteiger charge is 2.22. The van der Waals surface area contributed by atoms with Crippen molar-refractivity contribution in [3.05, 3.63) is 65.6 Å². The number of nitrogens with one attached hydrogen (secondary N) is 1. The summed E-state index contributed by atoms with van der Waals surface area (Å²) in [5.74, 6) is -1.37. The molecule has 0 aliphatic heterocycles. The summed E-state index contributed by atoms with van der Waals surface area (Å²) in [5, 5.41) is 17.8. The van der Waals surface area contributed by atoms with Crippen molar-refractivity contribution in [2.24, 2.45) is 11.5 Å². The Morgan fingerprint density at radius 1 is 0.943 bits per heavy atom. The van der Waals surface area contributed by atoms with Gasteiger partial charge in [0.2, 0.25) is 5.76 Å². The fraction of sp³-hybridized carbons (Fsp3) is 0.280. The van der Waals surface area contributed by atoms with Crippen molar-refractivity contribution in [1.82, 2.24) is 0 Å². The van der Waals surface area contributed by atoms with Crippen LogP contribution in [0.5, 0.6) is 5.75 Å². The van der Waals surface area contributed by atoms with Crippen molar-refractivity contribution in [3.63, 3.8) is 0 Å². The van der Waals surface area contributed by atoms with E-state index in [1.54, 1.807) is 36.4 Å². The van der Waals surface area contributed by atoms with Crippen molar-refractivity contribution < 1.29 is 28.6 Å².